The van der Waals surface area contributed by atoms with Gasteiger partial charge in [-0.3, -0.25) is 19.5 Å². The van der Waals surface area contributed by atoms with Gasteiger partial charge >= 0.3 is 5.91 Å². The predicted molar refractivity (Wildman–Crippen MR) is 120 cm³/mol. The molecule has 1 aliphatic heterocycles. The molecule has 1 amide bonds. The Morgan fingerprint density at radius 3 is 2.50 bits per heavy atom. The number of halogens is 2. The number of hydrogen-bond donors (Lipinski definition) is 1. The summed E-state index contributed by atoms with van der Waals surface area (Å²) in [5.74, 6) is -2.42. The van der Waals surface area contributed by atoms with Crippen molar-refractivity contribution in [2.24, 2.45) is 0 Å². The molecule has 32 heavy (non-hydrogen) atoms. The number of thiazole rings is 1. The zero-order valence-electron chi connectivity index (χ0n) is 16.2. The van der Waals surface area contributed by atoms with E-state index in [0.717, 1.165) is 11.3 Å². The first kappa shape index (κ1) is 20.3. The number of aromatic nitrogens is 2. The molecule has 0 aliphatic carbocycles. The number of rotatable bonds is 3. The van der Waals surface area contributed by atoms with E-state index in [4.69, 9.17) is 11.6 Å². The Morgan fingerprint density at radius 2 is 1.78 bits per heavy atom. The van der Waals surface area contributed by atoms with Gasteiger partial charge in [0.25, 0.3) is 5.78 Å². The van der Waals surface area contributed by atoms with Crippen molar-refractivity contribution in [3.05, 3.63) is 94.5 Å². The second kappa shape index (κ2) is 7.81. The largest absolute Gasteiger partial charge is 0.507 e. The molecule has 1 N–H and O–H groups in total. The molecule has 0 spiro atoms. The molecule has 5 rings (SSSR count). The lowest BCUT2D eigenvalue weighted by Crippen LogP contribution is -2.29. The monoisotopic (exact) mass is 465 g/mol. The smallest absolute Gasteiger partial charge is 0.301 e. The number of Topliss-reactive ketones (excluding diaryl/α,β-unsaturated/α-hetero) is 1. The predicted octanol–water partition coefficient (Wildman–Crippen LogP) is 5.11. The second-order valence-electron chi connectivity index (χ2n) is 7.07. The average molecular weight is 466 g/mol. The molecule has 1 saturated heterocycles. The van der Waals surface area contributed by atoms with Gasteiger partial charge in [0.05, 0.1) is 21.8 Å². The van der Waals surface area contributed by atoms with Gasteiger partial charge in [0.2, 0.25) is 0 Å². The van der Waals surface area contributed by atoms with Gasteiger partial charge in [-0.2, -0.15) is 0 Å². The topological polar surface area (TPSA) is 83.4 Å². The van der Waals surface area contributed by atoms with E-state index in [2.05, 4.69) is 9.97 Å². The summed E-state index contributed by atoms with van der Waals surface area (Å²) in [6.45, 7) is 0. The third-order valence-corrected chi connectivity index (χ3v) is 6.40. The SMILES string of the molecule is O=C1C(=O)N(c2nc3ccc(F)cc3s2)C(c2ccncc2)C1=C(O)c1ccc(Cl)cc1. The average Bonchev–Trinajstić information content (AvgIpc) is 3.32. The van der Waals surface area contributed by atoms with Crippen molar-refractivity contribution < 1.29 is 19.1 Å². The number of hydrogen-bond acceptors (Lipinski definition) is 6. The van der Waals surface area contributed by atoms with Crippen molar-refractivity contribution in [2.45, 2.75) is 6.04 Å². The summed E-state index contributed by atoms with van der Waals surface area (Å²) >= 11 is 7.03. The number of aliphatic hydroxyl groups excluding tert-OH is 1. The van der Waals surface area contributed by atoms with Crippen molar-refractivity contribution in [3.8, 4) is 0 Å². The number of carbonyl (C=O) groups is 2. The first-order valence-corrected chi connectivity index (χ1v) is 10.7. The van der Waals surface area contributed by atoms with Crippen LogP contribution in [0.2, 0.25) is 5.02 Å². The Balaban J connectivity index is 1.72. The van der Waals surface area contributed by atoms with E-state index in [9.17, 15) is 19.1 Å². The molecule has 0 bridgehead atoms. The van der Waals surface area contributed by atoms with Crippen molar-refractivity contribution in [2.75, 3.05) is 4.90 Å². The van der Waals surface area contributed by atoms with Gasteiger partial charge in [-0.15, -0.1) is 0 Å². The fraction of sp³-hybridized carbons (Fsp3) is 0.0435. The lowest BCUT2D eigenvalue weighted by atomic mass is 9.96. The van der Waals surface area contributed by atoms with E-state index in [-0.39, 0.29) is 16.5 Å². The summed E-state index contributed by atoms with van der Waals surface area (Å²) in [4.78, 5) is 35.9. The fourth-order valence-corrected chi connectivity index (χ4v) is 4.79. The molecule has 1 atom stereocenters. The van der Waals surface area contributed by atoms with Crippen LogP contribution in [0.15, 0.2) is 72.6 Å². The number of anilines is 1. The summed E-state index contributed by atoms with van der Waals surface area (Å²) in [7, 11) is 0. The number of fused-ring (bicyclic) bond motifs is 1. The number of carbonyl (C=O) groups excluding carboxylic acids is 2. The molecule has 1 fully saturated rings. The van der Waals surface area contributed by atoms with Gasteiger partial charge < -0.3 is 5.11 Å². The summed E-state index contributed by atoms with van der Waals surface area (Å²) in [5.41, 5.74) is 1.34. The molecular formula is C23H13ClFN3O3S. The van der Waals surface area contributed by atoms with Gasteiger partial charge in [0.1, 0.15) is 11.6 Å². The minimum atomic E-state index is -0.931. The molecule has 0 saturated carbocycles. The maximum absolute atomic E-state index is 13.7. The Morgan fingerprint density at radius 1 is 1.06 bits per heavy atom. The lowest BCUT2D eigenvalue weighted by Gasteiger charge is -2.22. The minimum absolute atomic E-state index is 0.0750. The summed E-state index contributed by atoms with van der Waals surface area (Å²) < 4.78 is 14.2. The number of amides is 1. The van der Waals surface area contributed by atoms with Crippen LogP contribution in [0.4, 0.5) is 9.52 Å². The minimum Gasteiger partial charge on any atom is -0.507 e. The van der Waals surface area contributed by atoms with Crippen molar-refractivity contribution in [1.82, 2.24) is 9.97 Å². The standard InChI is InChI=1S/C23H13ClFN3O3S/c24-14-3-1-13(2-4-14)20(29)18-19(12-7-9-26-10-8-12)28(22(31)21(18)30)23-27-16-6-5-15(25)11-17(16)32-23/h1-11,19,29H. The number of nitrogens with zero attached hydrogens (tertiary/aromatic N) is 3. The molecule has 158 valence electrons. The highest BCUT2D eigenvalue weighted by molar-refractivity contribution is 7.22. The summed E-state index contributed by atoms with van der Waals surface area (Å²) in [5, 5.41) is 11.7. The molecule has 6 nitrogen and oxygen atoms in total. The normalized spacial score (nSPS) is 17.9. The van der Waals surface area contributed by atoms with Crippen LogP contribution < -0.4 is 4.90 Å². The van der Waals surface area contributed by atoms with Gasteiger partial charge in [-0.25, -0.2) is 9.37 Å². The van der Waals surface area contributed by atoms with Crippen LogP contribution in [0.3, 0.4) is 0 Å². The Hall–Kier alpha value is -3.62. The number of ketones is 1. The molecular weight excluding hydrogens is 453 g/mol. The van der Waals surface area contributed by atoms with Crippen LogP contribution in [0.5, 0.6) is 0 Å². The van der Waals surface area contributed by atoms with Crippen LogP contribution in [0, 0.1) is 5.82 Å². The summed E-state index contributed by atoms with van der Waals surface area (Å²) in [6, 6.07) is 12.8. The highest BCUT2D eigenvalue weighted by atomic mass is 35.5. The van der Waals surface area contributed by atoms with Gasteiger partial charge in [-0.05, 0) is 60.2 Å². The first-order valence-electron chi connectivity index (χ1n) is 9.47. The maximum Gasteiger partial charge on any atom is 0.301 e. The number of benzene rings is 2. The molecule has 2 aromatic carbocycles. The van der Waals surface area contributed by atoms with E-state index in [0.29, 0.717) is 26.4 Å². The Labute approximate surface area is 190 Å². The van der Waals surface area contributed by atoms with E-state index in [1.807, 2.05) is 0 Å². The highest BCUT2D eigenvalue weighted by Gasteiger charge is 2.48. The van der Waals surface area contributed by atoms with Crippen LogP contribution in [-0.4, -0.2) is 26.8 Å². The number of pyridine rings is 1. The third-order valence-electron chi connectivity index (χ3n) is 5.13. The second-order valence-corrected chi connectivity index (χ2v) is 8.51. The van der Waals surface area contributed by atoms with E-state index < -0.39 is 23.5 Å². The molecule has 1 aliphatic rings. The zero-order valence-corrected chi connectivity index (χ0v) is 17.8. The van der Waals surface area contributed by atoms with E-state index >= 15 is 0 Å². The molecule has 0 radical (unpaired) electrons. The Bertz CT molecular complexity index is 1400. The molecule has 3 heterocycles. The van der Waals surface area contributed by atoms with Crippen molar-refractivity contribution in [1.29, 1.82) is 0 Å². The molecule has 4 aromatic rings. The molecule has 9 heteroatoms. The van der Waals surface area contributed by atoms with E-state index in [1.165, 1.54) is 35.5 Å². The van der Waals surface area contributed by atoms with Crippen LogP contribution in [-0.2, 0) is 9.59 Å². The van der Waals surface area contributed by atoms with Crippen molar-refractivity contribution >= 4 is 55.7 Å². The van der Waals surface area contributed by atoms with Crippen LogP contribution >= 0.6 is 22.9 Å². The Kier molecular flexibility index (Phi) is 4.96. The lowest BCUT2D eigenvalue weighted by molar-refractivity contribution is -0.132. The van der Waals surface area contributed by atoms with Gasteiger partial charge in [0.15, 0.2) is 5.13 Å². The van der Waals surface area contributed by atoms with E-state index in [1.54, 1.807) is 36.4 Å². The van der Waals surface area contributed by atoms with Crippen molar-refractivity contribution in [3.63, 3.8) is 0 Å². The third kappa shape index (κ3) is 3.34. The zero-order chi connectivity index (χ0) is 22.4. The maximum atomic E-state index is 13.7. The van der Waals surface area contributed by atoms with Gasteiger partial charge in [0, 0.05) is 23.0 Å². The first-order chi connectivity index (χ1) is 15.4. The van der Waals surface area contributed by atoms with Crippen LogP contribution in [0.1, 0.15) is 17.2 Å². The number of aliphatic hydroxyl groups is 1. The van der Waals surface area contributed by atoms with Crippen LogP contribution in [0.25, 0.3) is 16.0 Å². The summed E-state index contributed by atoms with van der Waals surface area (Å²) in [6.07, 6.45) is 3.07. The molecule has 1 unspecified atom stereocenters. The molecule has 2 aromatic heterocycles. The van der Waals surface area contributed by atoms with Gasteiger partial charge in [-0.1, -0.05) is 22.9 Å². The highest BCUT2D eigenvalue weighted by Crippen LogP contribution is 2.44. The quantitative estimate of drug-likeness (QED) is 0.258. The fourth-order valence-electron chi connectivity index (χ4n) is 3.64.